The first-order chi connectivity index (χ1) is 13.1. The summed E-state index contributed by atoms with van der Waals surface area (Å²) in [6.45, 7) is 2.92. The standard InChI is InChI=1S/C20H25N3O4.ClH/c1-27-16-6-4-15(5-7-16)18(24)8-9-19(25)22-11-13-23(14-12-22)20(26)17-3-2-10-21-17;/h4-9,17,21H,2-3,10-14H2,1H3;1H/b9-8+;. The minimum absolute atomic E-state index is 0. The molecule has 1 aromatic rings. The number of benzene rings is 1. The Kier molecular flexibility index (Phi) is 8.02. The highest BCUT2D eigenvalue weighted by Gasteiger charge is 2.29. The van der Waals surface area contributed by atoms with Crippen LogP contribution in [0, 0.1) is 0 Å². The van der Waals surface area contributed by atoms with E-state index in [2.05, 4.69) is 5.32 Å². The highest BCUT2D eigenvalue weighted by atomic mass is 35.5. The van der Waals surface area contributed by atoms with Crippen LogP contribution < -0.4 is 10.1 Å². The van der Waals surface area contributed by atoms with Crippen LogP contribution in [0.25, 0.3) is 0 Å². The van der Waals surface area contributed by atoms with Crippen molar-refractivity contribution in [1.82, 2.24) is 15.1 Å². The van der Waals surface area contributed by atoms with Crippen LogP contribution in [0.4, 0.5) is 0 Å². The van der Waals surface area contributed by atoms with Crippen molar-refractivity contribution in [3.05, 3.63) is 42.0 Å². The fourth-order valence-electron chi connectivity index (χ4n) is 3.37. The topological polar surface area (TPSA) is 79.0 Å². The summed E-state index contributed by atoms with van der Waals surface area (Å²) in [5, 5.41) is 3.21. The van der Waals surface area contributed by atoms with Gasteiger partial charge < -0.3 is 19.9 Å². The summed E-state index contributed by atoms with van der Waals surface area (Å²) in [4.78, 5) is 40.4. The van der Waals surface area contributed by atoms with Gasteiger partial charge in [-0.1, -0.05) is 0 Å². The van der Waals surface area contributed by atoms with Gasteiger partial charge >= 0.3 is 0 Å². The number of carbonyl (C=O) groups excluding carboxylic acids is 3. The Morgan fingerprint density at radius 3 is 2.25 bits per heavy atom. The van der Waals surface area contributed by atoms with Crippen molar-refractivity contribution in [3.63, 3.8) is 0 Å². The van der Waals surface area contributed by atoms with Crippen LogP contribution in [0.1, 0.15) is 23.2 Å². The van der Waals surface area contributed by atoms with E-state index >= 15 is 0 Å². The minimum Gasteiger partial charge on any atom is -0.497 e. The molecule has 2 saturated heterocycles. The predicted molar refractivity (Wildman–Crippen MR) is 108 cm³/mol. The van der Waals surface area contributed by atoms with Gasteiger partial charge in [0.2, 0.25) is 11.8 Å². The lowest BCUT2D eigenvalue weighted by Crippen LogP contribution is -2.54. The van der Waals surface area contributed by atoms with Crippen molar-refractivity contribution in [2.45, 2.75) is 18.9 Å². The summed E-state index contributed by atoms with van der Waals surface area (Å²) in [6.07, 6.45) is 4.52. The molecule has 1 aromatic carbocycles. The zero-order chi connectivity index (χ0) is 19.2. The van der Waals surface area contributed by atoms with Gasteiger partial charge in [-0.15, -0.1) is 12.4 Å². The van der Waals surface area contributed by atoms with E-state index in [0.717, 1.165) is 19.4 Å². The molecule has 2 aliphatic rings. The molecule has 3 rings (SSSR count). The maximum absolute atomic E-state index is 12.4. The van der Waals surface area contributed by atoms with Crippen LogP contribution >= 0.6 is 12.4 Å². The van der Waals surface area contributed by atoms with Crippen molar-refractivity contribution >= 4 is 30.0 Å². The largest absolute Gasteiger partial charge is 0.497 e. The zero-order valence-electron chi connectivity index (χ0n) is 15.9. The van der Waals surface area contributed by atoms with Gasteiger partial charge in [-0.05, 0) is 49.7 Å². The molecule has 0 saturated carbocycles. The first kappa shape index (κ1) is 21.9. The quantitative estimate of drug-likeness (QED) is 0.587. The maximum atomic E-state index is 12.4. The number of nitrogens with one attached hydrogen (secondary N) is 1. The second-order valence-corrected chi connectivity index (χ2v) is 6.73. The lowest BCUT2D eigenvalue weighted by molar-refractivity contribution is -0.138. The third kappa shape index (κ3) is 5.33. The molecule has 8 heteroatoms. The van der Waals surface area contributed by atoms with Crippen LogP contribution in [0.3, 0.4) is 0 Å². The molecular formula is C20H26ClN3O4. The number of allylic oxidation sites excluding steroid dienone is 1. The molecule has 2 heterocycles. The number of halogens is 1. The molecule has 1 N–H and O–H groups in total. The van der Waals surface area contributed by atoms with Crippen molar-refractivity contribution in [2.24, 2.45) is 0 Å². The van der Waals surface area contributed by atoms with Gasteiger partial charge in [0.1, 0.15) is 5.75 Å². The van der Waals surface area contributed by atoms with Gasteiger partial charge in [-0.3, -0.25) is 14.4 Å². The Labute approximate surface area is 171 Å². The fourth-order valence-corrected chi connectivity index (χ4v) is 3.37. The molecule has 7 nitrogen and oxygen atoms in total. The Balaban J connectivity index is 0.00000280. The van der Waals surface area contributed by atoms with E-state index in [0.29, 0.717) is 37.5 Å². The third-order valence-corrected chi connectivity index (χ3v) is 5.01. The second-order valence-electron chi connectivity index (χ2n) is 6.73. The average Bonchev–Trinajstić information content (AvgIpc) is 3.26. The van der Waals surface area contributed by atoms with Crippen LogP contribution in [0.5, 0.6) is 5.75 Å². The normalized spacial score (nSPS) is 19.4. The molecule has 0 bridgehead atoms. The molecule has 1 atom stereocenters. The summed E-state index contributed by atoms with van der Waals surface area (Å²) in [5.41, 5.74) is 0.499. The number of ketones is 1. The number of methoxy groups -OCH3 is 1. The number of nitrogens with zero attached hydrogens (tertiary/aromatic N) is 2. The van der Waals surface area contributed by atoms with Gasteiger partial charge in [0.15, 0.2) is 5.78 Å². The summed E-state index contributed by atoms with van der Waals surface area (Å²) < 4.78 is 5.06. The van der Waals surface area contributed by atoms with Gasteiger partial charge in [0.25, 0.3) is 0 Å². The minimum atomic E-state index is -0.230. The van der Waals surface area contributed by atoms with Gasteiger partial charge in [-0.2, -0.15) is 0 Å². The highest BCUT2D eigenvalue weighted by molar-refractivity contribution is 6.07. The molecule has 2 amide bonds. The molecule has 2 fully saturated rings. The average molecular weight is 408 g/mol. The van der Waals surface area contributed by atoms with E-state index in [1.165, 1.54) is 12.2 Å². The van der Waals surface area contributed by atoms with Crippen LogP contribution in [-0.4, -0.2) is 73.3 Å². The van der Waals surface area contributed by atoms with E-state index in [1.807, 2.05) is 4.90 Å². The van der Waals surface area contributed by atoms with E-state index in [9.17, 15) is 14.4 Å². The van der Waals surface area contributed by atoms with Crippen molar-refractivity contribution in [1.29, 1.82) is 0 Å². The Morgan fingerprint density at radius 2 is 1.68 bits per heavy atom. The van der Waals surface area contributed by atoms with Crippen LogP contribution in [0.2, 0.25) is 0 Å². The lowest BCUT2D eigenvalue weighted by Gasteiger charge is -2.35. The molecule has 0 radical (unpaired) electrons. The summed E-state index contributed by atoms with van der Waals surface area (Å²) in [5.74, 6) is 0.367. The molecule has 28 heavy (non-hydrogen) atoms. The summed E-state index contributed by atoms with van der Waals surface area (Å²) in [7, 11) is 1.56. The lowest BCUT2D eigenvalue weighted by atomic mass is 10.1. The summed E-state index contributed by atoms with van der Waals surface area (Å²) >= 11 is 0. The van der Waals surface area contributed by atoms with Crippen molar-refractivity contribution in [2.75, 3.05) is 39.8 Å². The number of rotatable bonds is 5. The first-order valence-corrected chi connectivity index (χ1v) is 9.26. The third-order valence-electron chi connectivity index (χ3n) is 5.01. The van der Waals surface area contributed by atoms with Gasteiger partial charge in [0.05, 0.1) is 13.2 Å². The molecule has 1 unspecified atom stereocenters. The first-order valence-electron chi connectivity index (χ1n) is 9.26. The monoisotopic (exact) mass is 407 g/mol. The zero-order valence-corrected chi connectivity index (χ0v) is 16.7. The number of hydrogen-bond donors (Lipinski definition) is 1. The number of piperazine rings is 1. The van der Waals surface area contributed by atoms with E-state index in [1.54, 1.807) is 36.3 Å². The molecule has 0 aromatic heterocycles. The Morgan fingerprint density at radius 1 is 1.04 bits per heavy atom. The number of hydrogen-bond acceptors (Lipinski definition) is 5. The molecule has 0 aliphatic carbocycles. The van der Waals surface area contributed by atoms with Crippen molar-refractivity contribution in [3.8, 4) is 5.75 Å². The molecule has 152 valence electrons. The molecule has 0 spiro atoms. The predicted octanol–water partition coefficient (Wildman–Crippen LogP) is 1.28. The maximum Gasteiger partial charge on any atom is 0.246 e. The Bertz CT molecular complexity index is 721. The summed E-state index contributed by atoms with van der Waals surface area (Å²) in [6, 6.07) is 6.67. The van der Waals surface area contributed by atoms with E-state index in [-0.39, 0.29) is 36.0 Å². The second kappa shape index (κ2) is 10.2. The number of amides is 2. The Hall–Kier alpha value is -2.38. The van der Waals surface area contributed by atoms with Gasteiger partial charge in [-0.25, -0.2) is 0 Å². The van der Waals surface area contributed by atoms with E-state index in [4.69, 9.17) is 4.74 Å². The fraction of sp³-hybridized carbons (Fsp3) is 0.450. The molecular weight excluding hydrogens is 382 g/mol. The highest BCUT2D eigenvalue weighted by Crippen LogP contribution is 2.13. The number of carbonyl (C=O) groups is 3. The number of ether oxygens (including phenoxy) is 1. The van der Waals surface area contributed by atoms with E-state index < -0.39 is 0 Å². The van der Waals surface area contributed by atoms with Crippen LogP contribution in [0.15, 0.2) is 36.4 Å². The SMILES string of the molecule is COc1ccc(C(=O)/C=C/C(=O)N2CCN(C(=O)C3CCCN3)CC2)cc1.Cl. The van der Waals surface area contributed by atoms with Crippen LogP contribution in [-0.2, 0) is 9.59 Å². The molecule has 2 aliphatic heterocycles. The van der Waals surface area contributed by atoms with Gasteiger partial charge in [0, 0.05) is 37.8 Å². The smallest absolute Gasteiger partial charge is 0.246 e. The van der Waals surface area contributed by atoms with Crippen molar-refractivity contribution < 1.29 is 19.1 Å².